The minimum atomic E-state index is -1.15. The number of imide groups is 2. The van der Waals surface area contributed by atoms with Gasteiger partial charge >= 0.3 is 35.0 Å². The van der Waals surface area contributed by atoms with E-state index in [0.29, 0.717) is 12.8 Å². The first-order valence-electron chi connectivity index (χ1n) is 17.5. The van der Waals surface area contributed by atoms with E-state index in [1.807, 2.05) is 0 Å². The van der Waals surface area contributed by atoms with Crippen LogP contribution in [0, 0.1) is 0 Å². The van der Waals surface area contributed by atoms with Crippen LogP contribution in [-0.4, -0.2) is 164 Å². The number of hydrogen-bond acceptors (Lipinski definition) is 20. The third-order valence-corrected chi connectivity index (χ3v) is 6.89. The molecule has 4 amide bonds. The fourth-order valence-corrected chi connectivity index (χ4v) is 4.13. The van der Waals surface area contributed by atoms with E-state index in [1.54, 1.807) is 20.8 Å². The molecule has 5 heterocycles. The normalized spacial score (nSPS) is 13.5. The van der Waals surface area contributed by atoms with Crippen molar-refractivity contribution in [2.24, 2.45) is 21.1 Å². The number of rotatable bonds is 11. The van der Waals surface area contributed by atoms with Gasteiger partial charge in [-0.3, -0.25) is 33.8 Å². The number of carbonyl (C=O) groups is 8. The first kappa shape index (κ1) is 52.0. The van der Waals surface area contributed by atoms with Gasteiger partial charge in [0.15, 0.2) is 0 Å². The topological polar surface area (TPSA) is 380 Å². The van der Waals surface area contributed by atoms with E-state index >= 15 is 0 Å². The van der Waals surface area contributed by atoms with Crippen molar-refractivity contribution in [1.29, 1.82) is 0 Å². The third kappa shape index (κ3) is 18.3. The quantitative estimate of drug-likeness (QED) is 0.0705. The van der Waals surface area contributed by atoms with Gasteiger partial charge in [0.1, 0.15) is 12.2 Å². The van der Waals surface area contributed by atoms with Crippen LogP contribution >= 0.6 is 0 Å². The lowest BCUT2D eigenvalue weighted by atomic mass is 10.2. The summed E-state index contributed by atoms with van der Waals surface area (Å²) in [5.74, 6) is -3.27. The molecule has 2 fully saturated rings. The molecule has 0 saturated carbocycles. The Morgan fingerprint density at radius 3 is 1.26 bits per heavy atom. The van der Waals surface area contributed by atoms with Gasteiger partial charge in [-0.1, -0.05) is 0 Å². The van der Waals surface area contributed by atoms with Gasteiger partial charge in [0.25, 0.3) is 6.47 Å². The molecule has 0 aliphatic carbocycles. The van der Waals surface area contributed by atoms with Gasteiger partial charge in [0, 0.05) is 83.7 Å². The summed E-state index contributed by atoms with van der Waals surface area (Å²) < 4.78 is 15.5. The molecule has 3 N–H and O–H groups in total. The number of aliphatic hydroxyl groups is 1. The molecule has 0 radical (unpaired) electrons. The minimum absolute atomic E-state index is 0.0301. The number of esters is 2. The number of nitrogens with zero attached hydrogens (tertiary/aromatic N) is 14. The summed E-state index contributed by atoms with van der Waals surface area (Å²) in [6.07, 6.45) is 7.29. The number of carbonyl (C=O) groups excluding carboxylic acids is 6. The van der Waals surface area contributed by atoms with E-state index in [1.165, 1.54) is 27.3 Å². The van der Waals surface area contributed by atoms with E-state index in [0.717, 1.165) is 68.5 Å². The second kappa shape index (κ2) is 25.4. The summed E-state index contributed by atoms with van der Waals surface area (Å²) in [5.41, 5.74) is -1.99. The first-order valence-corrected chi connectivity index (χ1v) is 17.5. The van der Waals surface area contributed by atoms with Crippen molar-refractivity contribution >= 4 is 66.6 Å². The maximum absolute atomic E-state index is 11.4. The molecule has 338 valence electrons. The fourth-order valence-electron chi connectivity index (χ4n) is 4.13. The van der Waals surface area contributed by atoms with Gasteiger partial charge in [-0.25, -0.2) is 28.8 Å². The summed E-state index contributed by atoms with van der Waals surface area (Å²) in [5, 5.41) is 44.2. The zero-order valence-electron chi connectivity index (χ0n) is 34.1. The van der Waals surface area contributed by atoms with Crippen molar-refractivity contribution in [3.8, 4) is 0 Å². The Balaban J connectivity index is 0.000000419. The van der Waals surface area contributed by atoms with Crippen molar-refractivity contribution in [2.75, 3.05) is 26.3 Å². The van der Waals surface area contributed by atoms with Crippen molar-refractivity contribution in [1.82, 2.24) is 69.2 Å². The van der Waals surface area contributed by atoms with Crippen molar-refractivity contribution in [2.45, 2.75) is 52.1 Å². The number of hydrogen-bond donors (Lipinski definition) is 3. The van der Waals surface area contributed by atoms with Gasteiger partial charge in [-0.05, 0) is 52.1 Å². The van der Waals surface area contributed by atoms with Crippen LogP contribution in [0.5, 0.6) is 0 Å². The summed E-state index contributed by atoms with van der Waals surface area (Å²) in [6.45, 7) is 4.96. The van der Waals surface area contributed by atoms with Crippen LogP contribution in [0.3, 0.4) is 0 Å². The average Bonchev–Trinajstić information content (AvgIpc) is 3.98. The Hall–Kier alpha value is -8.05. The van der Waals surface area contributed by atoms with Crippen LogP contribution < -0.4 is 17.1 Å². The van der Waals surface area contributed by atoms with Gasteiger partial charge in [-0.15, -0.1) is 0 Å². The smallest absolute Gasteiger partial charge is 0.367 e. The Labute approximate surface area is 348 Å². The SMILES string of the molecule is Cn1nnn(/C=C/C(=O)O)c1=O.Cn1nnn(/C=C/C(=O)OC(C)(C)C)c1=O.Cn1nnn(/C=C/C(=O)OCCN2C(=O)CCC2=O)c1=O.O=C1CCC(=O)N1CCO.O=CO. The van der Waals surface area contributed by atoms with Crippen LogP contribution in [0.2, 0.25) is 0 Å². The number of β-amino-alcohol motifs (C(OH)–C–C–N with tert-alkyl or cyclic N) is 1. The van der Waals surface area contributed by atoms with Crippen LogP contribution in [0.4, 0.5) is 0 Å². The van der Waals surface area contributed by atoms with Crippen LogP contribution in [0.1, 0.15) is 46.5 Å². The molecule has 5 rings (SSSR count). The molecule has 0 aromatic carbocycles. The molecule has 2 aliphatic rings. The molecular formula is C32H44N14O16. The predicted octanol–water partition coefficient (Wildman–Crippen LogP) is -4.71. The zero-order chi connectivity index (χ0) is 47.2. The van der Waals surface area contributed by atoms with Crippen molar-refractivity contribution in [3.63, 3.8) is 0 Å². The summed E-state index contributed by atoms with van der Waals surface area (Å²) in [4.78, 5) is 121. The van der Waals surface area contributed by atoms with Crippen molar-refractivity contribution in [3.05, 3.63) is 49.7 Å². The number of aliphatic carboxylic acids is 1. The van der Waals surface area contributed by atoms with E-state index in [9.17, 15) is 47.9 Å². The lowest BCUT2D eigenvalue weighted by Crippen LogP contribution is -2.32. The highest BCUT2D eigenvalue weighted by atomic mass is 16.6. The van der Waals surface area contributed by atoms with E-state index in [-0.39, 0.29) is 69.2 Å². The molecule has 0 spiro atoms. The minimum Gasteiger partial charge on any atom is -0.483 e. The molecule has 2 saturated heterocycles. The Morgan fingerprint density at radius 2 is 0.952 bits per heavy atom. The highest BCUT2D eigenvalue weighted by Crippen LogP contribution is 2.11. The number of likely N-dealkylation sites (tertiary alicyclic amines) is 2. The monoisotopic (exact) mass is 880 g/mol. The number of amides is 4. The number of ether oxygens (including phenoxy) is 2. The number of aryl methyl sites for hydroxylation is 3. The van der Waals surface area contributed by atoms with Gasteiger partial charge < -0.3 is 24.8 Å². The Morgan fingerprint density at radius 1 is 0.613 bits per heavy atom. The standard InChI is InChI=1S/C11H13N5O5.C9H14N4O3.C6H9NO3.C5H6N4O3.CH2O2/c1-14-11(20)16(13-12-14)5-4-10(19)21-7-6-15-8(17)2-3-9(15)18;1-9(2,3)16-7(14)5-6-13-8(15)12(4)10-11-13;8-4-3-7-5(9)1-2-6(7)10;1-8-5(12)9(7-6-8)3-2-4(10)11;2-1-3/h4-5H,2-3,6-7H2,1H3;5-6H,1-4H3;8H,1-4H2;2-3H,1H3,(H,10,11);1H,(H,2,3)/b5-4+;6-5+;;3-2+;. The van der Waals surface area contributed by atoms with E-state index in [4.69, 9.17) is 29.6 Å². The Bertz CT molecular complexity index is 2290. The van der Waals surface area contributed by atoms with Crippen LogP contribution in [0.15, 0.2) is 32.6 Å². The van der Waals surface area contributed by atoms with Crippen LogP contribution in [-0.2, 0) is 69.0 Å². The van der Waals surface area contributed by atoms with E-state index in [2.05, 4.69) is 31.3 Å². The summed E-state index contributed by atoms with van der Waals surface area (Å²) in [6, 6.07) is 0. The number of carboxylic acid groups (broad SMARTS) is 2. The van der Waals surface area contributed by atoms with Gasteiger partial charge in [-0.2, -0.15) is 28.1 Å². The van der Waals surface area contributed by atoms with Gasteiger partial charge in [0.2, 0.25) is 23.6 Å². The molecule has 3 aromatic rings. The maximum atomic E-state index is 11.4. The second-order valence-electron chi connectivity index (χ2n) is 12.7. The number of aromatic nitrogens is 12. The van der Waals surface area contributed by atoms with E-state index < -0.39 is 40.6 Å². The summed E-state index contributed by atoms with van der Waals surface area (Å²) in [7, 11) is 4.30. The largest absolute Gasteiger partial charge is 0.483 e. The highest BCUT2D eigenvalue weighted by Gasteiger charge is 2.29. The molecule has 2 aliphatic heterocycles. The molecule has 3 aromatic heterocycles. The second-order valence-corrected chi connectivity index (χ2v) is 12.7. The molecule has 30 heteroatoms. The molecule has 0 atom stereocenters. The molecule has 0 bridgehead atoms. The van der Waals surface area contributed by atoms with Gasteiger partial charge in [0.05, 0.1) is 19.7 Å². The zero-order valence-corrected chi connectivity index (χ0v) is 34.1. The first-order chi connectivity index (χ1) is 29.1. The number of carboxylic acids is 1. The highest BCUT2D eigenvalue weighted by molar-refractivity contribution is 6.02. The maximum Gasteiger partial charge on any atom is 0.367 e. The van der Waals surface area contributed by atoms with Crippen LogP contribution in [0.25, 0.3) is 18.6 Å². The number of aliphatic hydroxyl groups excluding tert-OH is 1. The molecule has 62 heavy (non-hydrogen) atoms. The van der Waals surface area contributed by atoms with Crippen molar-refractivity contribution < 1.29 is 63.1 Å². The molecule has 0 unspecified atom stereocenters. The molecular weight excluding hydrogens is 836 g/mol. The number of tetrazole rings is 3. The Kier molecular flexibility index (Phi) is 21.3. The predicted molar refractivity (Wildman–Crippen MR) is 204 cm³/mol. The fraction of sp³-hybridized carbons (Fsp3) is 0.469. The third-order valence-electron chi connectivity index (χ3n) is 6.89. The molecule has 30 nitrogen and oxygen atoms in total. The summed E-state index contributed by atoms with van der Waals surface area (Å²) >= 11 is 0. The average molecular weight is 881 g/mol. The lowest BCUT2D eigenvalue weighted by Gasteiger charge is -2.17. The lowest BCUT2D eigenvalue weighted by molar-refractivity contribution is -0.148.